The molecule has 0 unspecified atom stereocenters. The molecule has 6 heteroatoms. The van der Waals surface area contributed by atoms with Gasteiger partial charge in [0.25, 0.3) is 0 Å². The lowest BCUT2D eigenvalue weighted by atomic mass is 10.1. The van der Waals surface area contributed by atoms with Crippen molar-refractivity contribution >= 4 is 12.1 Å². The molecule has 0 saturated heterocycles. The number of amides is 1. The summed E-state index contributed by atoms with van der Waals surface area (Å²) in [6.45, 7) is 0. The van der Waals surface area contributed by atoms with Gasteiger partial charge in [0.05, 0.1) is 26.9 Å². The number of methoxy groups -OCH3 is 2. The van der Waals surface area contributed by atoms with E-state index in [9.17, 15) is 9.18 Å². The summed E-state index contributed by atoms with van der Waals surface area (Å²) in [5, 5.41) is 3.91. The standard InChI is InChI=1S/C17H17FN2O3/c1-22-15-5-3-4-13(17(15)23-2)11-19-20-16(21)10-12-6-8-14(18)9-7-12/h3-9,11H,10H2,1-2H3,(H,20,21)/b19-11+. The Kier molecular flexibility index (Phi) is 5.68. The fraction of sp³-hybridized carbons (Fsp3) is 0.176. The average molecular weight is 316 g/mol. The summed E-state index contributed by atoms with van der Waals surface area (Å²) < 4.78 is 23.3. The van der Waals surface area contributed by atoms with Gasteiger partial charge in [-0.15, -0.1) is 0 Å². The first-order valence-corrected chi connectivity index (χ1v) is 6.91. The first kappa shape index (κ1) is 16.5. The molecular formula is C17H17FN2O3. The molecule has 5 nitrogen and oxygen atoms in total. The predicted molar refractivity (Wildman–Crippen MR) is 85.4 cm³/mol. The van der Waals surface area contributed by atoms with E-state index < -0.39 is 0 Å². The van der Waals surface area contributed by atoms with E-state index in [1.807, 2.05) is 0 Å². The number of ether oxygens (including phenoxy) is 2. The van der Waals surface area contributed by atoms with E-state index in [0.717, 1.165) is 0 Å². The number of carbonyl (C=O) groups is 1. The maximum atomic E-state index is 12.8. The molecule has 1 amide bonds. The molecule has 23 heavy (non-hydrogen) atoms. The smallest absolute Gasteiger partial charge is 0.244 e. The van der Waals surface area contributed by atoms with Crippen LogP contribution in [0.25, 0.3) is 0 Å². The zero-order chi connectivity index (χ0) is 16.7. The van der Waals surface area contributed by atoms with Crippen LogP contribution in [0.4, 0.5) is 4.39 Å². The summed E-state index contributed by atoms with van der Waals surface area (Å²) in [6, 6.07) is 11.1. The van der Waals surface area contributed by atoms with Gasteiger partial charge in [-0.05, 0) is 29.8 Å². The predicted octanol–water partition coefficient (Wildman–Crippen LogP) is 2.54. The van der Waals surface area contributed by atoms with Crippen molar-refractivity contribution in [1.29, 1.82) is 0 Å². The summed E-state index contributed by atoms with van der Waals surface area (Å²) in [7, 11) is 3.07. The van der Waals surface area contributed by atoms with Gasteiger partial charge in [-0.25, -0.2) is 9.82 Å². The molecule has 0 aromatic heterocycles. The second kappa shape index (κ2) is 7.93. The first-order chi connectivity index (χ1) is 11.1. The fourth-order valence-electron chi connectivity index (χ4n) is 2.01. The van der Waals surface area contributed by atoms with Crippen molar-refractivity contribution in [2.24, 2.45) is 5.10 Å². The minimum Gasteiger partial charge on any atom is -0.493 e. The zero-order valence-corrected chi connectivity index (χ0v) is 12.9. The van der Waals surface area contributed by atoms with Gasteiger partial charge in [-0.3, -0.25) is 4.79 Å². The lowest BCUT2D eigenvalue weighted by Gasteiger charge is -2.09. The lowest BCUT2D eigenvalue weighted by Crippen LogP contribution is -2.19. The molecule has 0 heterocycles. The van der Waals surface area contributed by atoms with Gasteiger partial charge >= 0.3 is 0 Å². The highest BCUT2D eigenvalue weighted by atomic mass is 19.1. The van der Waals surface area contributed by atoms with Crippen LogP contribution in [0.1, 0.15) is 11.1 Å². The number of hydrazone groups is 1. The zero-order valence-electron chi connectivity index (χ0n) is 12.9. The van der Waals surface area contributed by atoms with E-state index in [2.05, 4.69) is 10.5 Å². The Labute approximate surface area is 133 Å². The highest BCUT2D eigenvalue weighted by Crippen LogP contribution is 2.29. The molecule has 120 valence electrons. The number of para-hydroxylation sites is 1. The monoisotopic (exact) mass is 316 g/mol. The van der Waals surface area contributed by atoms with Crippen molar-refractivity contribution in [1.82, 2.24) is 5.43 Å². The van der Waals surface area contributed by atoms with Gasteiger partial charge in [-0.1, -0.05) is 18.2 Å². The second-order valence-corrected chi connectivity index (χ2v) is 4.68. The van der Waals surface area contributed by atoms with E-state index in [1.165, 1.54) is 25.5 Å². The Morgan fingerprint density at radius 3 is 2.57 bits per heavy atom. The number of nitrogens with zero attached hydrogens (tertiary/aromatic N) is 1. The van der Waals surface area contributed by atoms with Gasteiger partial charge in [0.2, 0.25) is 5.91 Å². The summed E-state index contributed by atoms with van der Waals surface area (Å²) in [4.78, 5) is 11.8. The van der Waals surface area contributed by atoms with Crippen molar-refractivity contribution in [2.45, 2.75) is 6.42 Å². The van der Waals surface area contributed by atoms with Crippen LogP contribution < -0.4 is 14.9 Å². The molecule has 1 N–H and O–H groups in total. The minimum atomic E-state index is -0.336. The van der Waals surface area contributed by atoms with Crippen LogP contribution in [0.3, 0.4) is 0 Å². The van der Waals surface area contributed by atoms with Crippen LogP contribution in [-0.4, -0.2) is 26.3 Å². The minimum absolute atomic E-state index is 0.118. The molecule has 0 radical (unpaired) electrons. The largest absolute Gasteiger partial charge is 0.493 e. The van der Waals surface area contributed by atoms with Crippen LogP contribution in [0.15, 0.2) is 47.6 Å². The molecule has 0 aliphatic rings. The molecule has 0 spiro atoms. The quantitative estimate of drug-likeness (QED) is 0.658. The van der Waals surface area contributed by atoms with Crippen molar-refractivity contribution in [3.63, 3.8) is 0 Å². The molecule has 2 aromatic rings. The van der Waals surface area contributed by atoms with Gasteiger partial charge in [-0.2, -0.15) is 5.10 Å². The fourth-order valence-corrected chi connectivity index (χ4v) is 2.01. The molecule has 0 bridgehead atoms. The van der Waals surface area contributed by atoms with Crippen LogP contribution in [0.2, 0.25) is 0 Å². The molecule has 0 saturated carbocycles. The van der Waals surface area contributed by atoms with Gasteiger partial charge in [0.15, 0.2) is 11.5 Å². The highest BCUT2D eigenvalue weighted by Gasteiger charge is 2.07. The lowest BCUT2D eigenvalue weighted by molar-refractivity contribution is -0.120. The van der Waals surface area contributed by atoms with E-state index in [4.69, 9.17) is 9.47 Å². The molecule has 0 fully saturated rings. The molecule has 2 aromatic carbocycles. The van der Waals surface area contributed by atoms with Crippen molar-refractivity contribution in [3.8, 4) is 11.5 Å². The summed E-state index contributed by atoms with van der Waals surface area (Å²) in [5.41, 5.74) is 3.80. The van der Waals surface area contributed by atoms with Crippen LogP contribution in [-0.2, 0) is 11.2 Å². The Hall–Kier alpha value is -2.89. The Morgan fingerprint density at radius 2 is 1.91 bits per heavy atom. The summed E-state index contributed by atoms with van der Waals surface area (Å²) >= 11 is 0. The number of halogens is 1. The molecule has 0 aliphatic heterocycles. The molecule has 0 aliphatic carbocycles. The third-order valence-electron chi connectivity index (χ3n) is 3.10. The molecule has 0 atom stereocenters. The number of nitrogens with one attached hydrogen (secondary N) is 1. The number of benzene rings is 2. The van der Waals surface area contributed by atoms with Gasteiger partial charge in [0, 0.05) is 5.56 Å². The number of rotatable bonds is 6. The molecular weight excluding hydrogens is 299 g/mol. The second-order valence-electron chi connectivity index (χ2n) is 4.68. The first-order valence-electron chi connectivity index (χ1n) is 6.91. The Balaban J connectivity index is 1.98. The summed E-state index contributed by atoms with van der Waals surface area (Å²) in [5.74, 6) is 0.479. The van der Waals surface area contributed by atoms with Crippen LogP contribution >= 0.6 is 0 Å². The maximum Gasteiger partial charge on any atom is 0.244 e. The van der Waals surface area contributed by atoms with Gasteiger partial charge in [0.1, 0.15) is 5.82 Å². The van der Waals surface area contributed by atoms with E-state index in [0.29, 0.717) is 22.6 Å². The topological polar surface area (TPSA) is 59.9 Å². The Morgan fingerprint density at radius 1 is 1.17 bits per heavy atom. The average Bonchev–Trinajstić information content (AvgIpc) is 2.56. The van der Waals surface area contributed by atoms with Crippen molar-refractivity contribution in [3.05, 3.63) is 59.4 Å². The summed E-state index contributed by atoms with van der Waals surface area (Å²) in [6.07, 6.45) is 1.59. The van der Waals surface area contributed by atoms with Crippen LogP contribution in [0, 0.1) is 5.82 Å². The maximum absolute atomic E-state index is 12.8. The van der Waals surface area contributed by atoms with Gasteiger partial charge < -0.3 is 9.47 Å². The molecule has 2 rings (SSSR count). The number of hydrogen-bond donors (Lipinski definition) is 1. The van der Waals surface area contributed by atoms with Crippen molar-refractivity contribution < 1.29 is 18.7 Å². The number of carbonyl (C=O) groups excluding carboxylic acids is 1. The Bertz CT molecular complexity index is 699. The third-order valence-corrected chi connectivity index (χ3v) is 3.10. The van der Waals surface area contributed by atoms with Crippen molar-refractivity contribution in [2.75, 3.05) is 14.2 Å². The van der Waals surface area contributed by atoms with Crippen LogP contribution in [0.5, 0.6) is 11.5 Å². The highest BCUT2D eigenvalue weighted by molar-refractivity contribution is 5.86. The van der Waals surface area contributed by atoms with E-state index in [-0.39, 0.29) is 18.1 Å². The number of hydrogen-bond acceptors (Lipinski definition) is 4. The van der Waals surface area contributed by atoms with E-state index in [1.54, 1.807) is 37.4 Å². The normalized spacial score (nSPS) is 10.6. The SMILES string of the molecule is COc1cccc(/C=N/NC(=O)Cc2ccc(F)cc2)c1OC. The van der Waals surface area contributed by atoms with E-state index >= 15 is 0 Å². The third kappa shape index (κ3) is 4.54.